The molecular weight excluding hydrogens is 305 g/mol. The highest BCUT2D eigenvalue weighted by atomic mass is 31.2. The van der Waals surface area contributed by atoms with Gasteiger partial charge in [-0.1, -0.05) is 34.6 Å². The first-order chi connectivity index (χ1) is 10.2. The van der Waals surface area contributed by atoms with E-state index < -0.39 is 19.5 Å². The van der Waals surface area contributed by atoms with Crippen LogP contribution in [0.2, 0.25) is 0 Å². The van der Waals surface area contributed by atoms with Crippen LogP contribution in [0.25, 0.3) is 0 Å². The van der Waals surface area contributed by atoms with Crippen molar-refractivity contribution in [2.45, 2.75) is 65.6 Å². The summed E-state index contributed by atoms with van der Waals surface area (Å²) >= 11 is 0. The largest absolute Gasteiger partial charge is 0.468 e. The van der Waals surface area contributed by atoms with Crippen molar-refractivity contribution in [2.24, 2.45) is 5.92 Å². The number of ketones is 1. The summed E-state index contributed by atoms with van der Waals surface area (Å²) in [6.07, 6.45) is 1.60. The fourth-order valence-electron chi connectivity index (χ4n) is 1.89. The minimum absolute atomic E-state index is 0.0938. The molecule has 0 aromatic rings. The molecule has 0 amide bonds. The topological polar surface area (TPSA) is 81.7 Å². The minimum atomic E-state index is -3.32. The Bertz CT molecular complexity index is 409. The summed E-state index contributed by atoms with van der Waals surface area (Å²) in [7, 11) is -2.03. The molecule has 130 valence electrons. The zero-order chi connectivity index (χ0) is 17.3. The molecule has 0 heterocycles. The molecule has 7 heteroatoms. The van der Waals surface area contributed by atoms with Gasteiger partial charge in [0.1, 0.15) is 12.6 Å². The lowest BCUT2D eigenvalue weighted by molar-refractivity contribution is -0.143. The number of hydrogen-bond acceptors (Lipinski definition) is 5. The quantitative estimate of drug-likeness (QED) is 0.461. The second kappa shape index (κ2) is 10.1. The third-order valence-electron chi connectivity index (χ3n) is 3.15. The summed E-state index contributed by atoms with van der Waals surface area (Å²) in [5.74, 6) is -0.347. The first kappa shape index (κ1) is 21.3. The van der Waals surface area contributed by atoms with Crippen molar-refractivity contribution in [3.05, 3.63) is 0 Å². The lowest BCUT2D eigenvalue weighted by atomic mass is 10.1. The lowest BCUT2D eigenvalue weighted by Crippen LogP contribution is -2.39. The molecule has 0 radical (unpaired) electrons. The van der Waals surface area contributed by atoms with Gasteiger partial charge in [0, 0.05) is 12.1 Å². The van der Waals surface area contributed by atoms with Crippen molar-refractivity contribution < 1.29 is 23.4 Å². The molecule has 0 saturated carbocycles. The van der Waals surface area contributed by atoms with Crippen molar-refractivity contribution in [1.29, 1.82) is 0 Å². The van der Waals surface area contributed by atoms with Crippen LogP contribution in [0.5, 0.6) is 0 Å². The first-order valence-corrected chi connectivity index (χ1v) is 9.47. The number of methoxy groups -OCH3 is 1. The Hall–Kier alpha value is -0.710. The van der Waals surface area contributed by atoms with Crippen LogP contribution in [0.1, 0.15) is 53.9 Å². The number of Topliss-reactive ketones (excluding diaryl/α,β-unsaturated/α-hetero) is 1. The SMILES string of the molecule is CCCC(=O)COP(=O)(N[C@@H](CC(C)C)C(=O)OC)C(C)C. The van der Waals surface area contributed by atoms with Crippen LogP contribution in [-0.2, 0) is 23.4 Å². The Morgan fingerprint density at radius 3 is 2.18 bits per heavy atom. The maximum absolute atomic E-state index is 12.9. The smallest absolute Gasteiger partial charge is 0.323 e. The summed E-state index contributed by atoms with van der Waals surface area (Å²) in [5.41, 5.74) is -0.346. The van der Waals surface area contributed by atoms with Gasteiger partial charge in [-0.3, -0.25) is 14.2 Å². The van der Waals surface area contributed by atoms with Gasteiger partial charge in [-0.25, -0.2) is 5.09 Å². The van der Waals surface area contributed by atoms with Crippen LogP contribution >= 0.6 is 7.52 Å². The van der Waals surface area contributed by atoms with Crippen molar-refractivity contribution in [2.75, 3.05) is 13.7 Å². The second-order valence-corrected chi connectivity index (χ2v) is 8.83. The Labute approximate surface area is 133 Å². The summed E-state index contributed by atoms with van der Waals surface area (Å²) in [6.45, 7) is 9.09. The van der Waals surface area contributed by atoms with E-state index >= 15 is 0 Å². The number of carbonyl (C=O) groups is 2. The van der Waals surface area contributed by atoms with Gasteiger partial charge in [0.2, 0.25) is 0 Å². The van der Waals surface area contributed by atoms with Crippen LogP contribution in [0, 0.1) is 5.92 Å². The standard InChI is InChI=1S/C15H30NO5P/c1-7-8-13(17)10-21-22(19,12(4)5)16-14(9-11(2)3)15(18)20-6/h11-12,14H,7-10H2,1-6H3,(H,16,19)/t14-,22?/m0/s1. The van der Waals surface area contributed by atoms with Gasteiger partial charge in [-0.2, -0.15) is 0 Å². The van der Waals surface area contributed by atoms with Gasteiger partial charge in [-0.05, 0) is 18.8 Å². The molecule has 0 aliphatic carbocycles. The van der Waals surface area contributed by atoms with Crippen molar-refractivity contribution in [3.63, 3.8) is 0 Å². The molecule has 0 saturated heterocycles. The number of esters is 1. The number of ether oxygens (including phenoxy) is 1. The normalized spacial score (nSPS) is 15.6. The van der Waals surface area contributed by atoms with E-state index in [2.05, 4.69) is 5.09 Å². The third kappa shape index (κ3) is 7.52. The van der Waals surface area contributed by atoms with Gasteiger partial charge >= 0.3 is 5.97 Å². The lowest BCUT2D eigenvalue weighted by Gasteiger charge is -2.27. The number of hydrogen-bond donors (Lipinski definition) is 1. The Kier molecular flexibility index (Phi) is 9.81. The van der Waals surface area contributed by atoms with Crippen LogP contribution in [0.3, 0.4) is 0 Å². The zero-order valence-corrected chi connectivity index (χ0v) is 15.4. The Balaban J connectivity index is 4.99. The fraction of sp³-hybridized carbons (Fsp3) is 0.867. The van der Waals surface area contributed by atoms with Crippen molar-refractivity contribution in [3.8, 4) is 0 Å². The molecule has 0 aromatic heterocycles. The highest BCUT2D eigenvalue weighted by molar-refractivity contribution is 7.57. The maximum atomic E-state index is 12.9. The third-order valence-corrected chi connectivity index (χ3v) is 5.70. The number of carbonyl (C=O) groups excluding carboxylic acids is 2. The van der Waals surface area contributed by atoms with E-state index in [0.29, 0.717) is 12.8 Å². The Morgan fingerprint density at radius 1 is 1.18 bits per heavy atom. The maximum Gasteiger partial charge on any atom is 0.323 e. The molecule has 0 rings (SSSR count). The number of rotatable bonds is 11. The molecule has 1 N–H and O–H groups in total. The van der Waals surface area contributed by atoms with Gasteiger partial charge in [0.15, 0.2) is 5.78 Å². The summed E-state index contributed by atoms with van der Waals surface area (Å²) in [6, 6.07) is -0.709. The molecule has 6 nitrogen and oxygen atoms in total. The monoisotopic (exact) mass is 335 g/mol. The molecule has 1 unspecified atom stereocenters. The van der Waals surface area contributed by atoms with E-state index in [-0.39, 0.29) is 24.0 Å². The van der Waals surface area contributed by atoms with E-state index in [1.807, 2.05) is 20.8 Å². The molecule has 0 aliphatic rings. The van der Waals surface area contributed by atoms with Gasteiger partial charge in [-0.15, -0.1) is 0 Å². The molecule has 2 atom stereocenters. The Morgan fingerprint density at radius 2 is 1.77 bits per heavy atom. The van der Waals surface area contributed by atoms with Gasteiger partial charge in [0.05, 0.1) is 7.11 Å². The summed E-state index contributed by atoms with van der Waals surface area (Å²) in [4.78, 5) is 23.5. The molecule has 0 fully saturated rings. The molecule has 0 aromatic carbocycles. The average Bonchev–Trinajstić information content (AvgIpc) is 2.43. The molecular formula is C15H30NO5P. The zero-order valence-electron chi connectivity index (χ0n) is 14.5. The van der Waals surface area contributed by atoms with Crippen LogP contribution in [-0.4, -0.2) is 37.2 Å². The van der Waals surface area contributed by atoms with E-state index in [0.717, 1.165) is 6.42 Å². The van der Waals surface area contributed by atoms with Crippen molar-refractivity contribution in [1.82, 2.24) is 5.09 Å². The number of nitrogens with one attached hydrogen (secondary N) is 1. The van der Waals surface area contributed by atoms with Gasteiger partial charge in [0.25, 0.3) is 7.52 Å². The molecule has 0 aliphatic heterocycles. The highest BCUT2D eigenvalue weighted by Crippen LogP contribution is 2.48. The average molecular weight is 335 g/mol. The van der Waals surface area contributed by atoms with E-state index in [4.69, 9.17) is 9.26 Å². The van der Waals surface area contributed by atoms with E-state index in [1.54, 1.807) is 13.8 Å². The van der Waals surface area contributed by atoms with Crippen molar-refractivity contribution >= 4 is 19.3 Å². The van der Waals surface area contributed by atoms with E-state index in [1.165, 1.54) is 7.11 Å². The molecule has 22 heavy (non-hydrogen) atoms. The van der Waals surface area contributed by atoms with Crippen LogP contribution in [0.15, 0.2) is 0 Å². The van der Waals surface area contributed by atoms with Crippen LogP contribution in [0.4, 0.5) is 0 Å². The molecule has 0 spiro atoms. The predicted octanol–water partition coefficient (Wildman–Crippen LogP) is 3.15. The highest BCUT2D eigenvalue weighted by Gasteiger charge is 2.34. The van der Waals surface area contributed by atoms with Crippen LogP contribution < -0.4 is 5.09 Å². The second-order valence-electron chi connectivity index (χ2n) is 6.09. The van der Waals surface area contributed by atoms with E-state index in [9.17, 15) is 14.2 Å². The fourth-order valence-corrected chi connectivity index (χ4v) is 3.54. The van der Waals surface area contributed by atoms with Gasteiger partial charge < -0.3 is 9.26 Å². The predicted molar refractivity (Wildman–Crippen MR) is 87.0 cm³/mol. The summed E-state index contributed by atoms with van der Waals surface area (Å²) < 4.78 is 23.1. The molecule has 0 bridgehead atoms. The minimum Gasteiger partial charge on any atom is -0.468 e. The summed E-state index contributed by atoms with van der Waals surface area (Å²) in [5, 5.41) is 2.82. The first-order valence-electron chi connectivity index (χ1n) is 7.77.